The van der Waals surface area contributed by atoms with Crippen molar-refractivity contribution in [1.29, 1.82) is 0 Å². The molecule has 0 aliphatic heterocycles. The maximum Gasteiger partial charge on any atom is 0.418 e. The van der Waals surface area contributed by atoms with Gasteiger partial charge in [-0.2, -0.15) is 13.2 Å². The van der Waals surface area contributed by atoms with E-state index < -0.39 is 35.4 Å². The fourth-order valence-electron chi connectivity index (χ4n) is 1.08. The predicted molar refractivity (Wildman–Crippen MR) is 45.2 cm³/mol. The van der Waals surface area contributed by atoms with Crippen LogP contribution in [0.5, 0.6) is 5.88 Å². The molecule has 16 heavy (non-hydrogen) atoms. The van der Waals surface area contributed by atoms with Gasteiger partial charge in [-0.25, -0.2) is 13.8 Å². The number of pyridine rings is 1. The first kappa shape index (κ1) is 12.5. The third-order valence-corrected chi connectivity index (χ3v) is 1.75. The molecule has 0 bridgehead atoms. The van der Waals surface area contributed by atoms with E-state index in [1.54, 1.807) is 0 Å². The zero-order valence-corrected chi connectivity index (χ0v) is 7.98. The minimum absolute atomic E-state index is 0.382. The fraction of sp³-hybridized carbons (Fsp3) is 0.375. The van der Waals surface area contributed by atoms with Crippen molar-refractivity contribution in [3.05, 3.63) is 17.3 Å². The quantitative estimate of drug-likeness (QED) is 0.811. The number of methoxy groups -OCH3 is 1. The normalized spacial score (nSPS) is 11.9. The van der Waals surface area contributed by atoms with Gasteiger partial charge in [0, 0.05) is 0 Å². The Kier molecular flexibility index (Phi) is 3.20. The zero-order valence-electron chi connectivity index (χ0n) is 7.98. The third-order valence-electron chi connectivity index (χ3n) is 1.75. The molecule has 1 heterocycles. The highest BCUT2D eigenvalue weighted by atomic mass is 19.4. The molecule has 0 aliphatic carbocycles. The van der Waals surface area contributed by atoms with Crippen LogP contribution in [-0.4, -0.2) is 12.1 Å². The summed E-state index contributed by atoms with van der Waals surface area (Å²) in [6, 6.07) is 0.382. The van der Waals surface area contributed by atoms with Gasteiger partial charge in [0.05, 0.1) is 18.4 Å². The number of hydrogen-bond donors (Lipinski definition) is 1. The summed E-state index contributed by atoms with van der Waals surface area (Å²) in [4.78, 5) is 3.04. The number of rotatable bonds is 2. The van der Waals surface area contributed by atoms with Gasteiger partial charge in [0.2, 0.25) is 5.88 Å². The van der Waals surface area contributed by atoms with E-state index in [9.17, 15) is 22.0 Å². The molecule has 2 N–H and O–H groups in total. The Bertz CT molecular complexity index is 391. The van der Waals surface area contributed by atoms with Crippen LogP contribution in [-0.2, 0) is 6.18 Å². The summed E-state index contributed by atoms with van der Waals surface area (Å²) < 4.78 is 66.2. The number of nitrogens with zero attached hydrogens (tertiary/aromatic N) is 1. The Morgan fingerprint density at radius 3 is 2.31 bits per heavy atom. The molecule has 3 nitrogen and oxygen atoms in total. The van der Waals surface area contributed by atoms with Crippen LogP contribution in [0.4, 0.5) is 27.6 Å². The number of halogens is 5. The van der Waals surface area contributed by atoms with Crippen molar-refractivity contribution >= 4 is 5.69 Å². The summed E-state index contributed by atoms with van der Waals surface area (Å²) in [5.41, 5.74) is 1.77. The molecule has 0 saturated carbocycles. The zero-order chi connectivity index (χ0) is 12.5. The average molecular weight is 242 g/mol. The first-order valence-electron chi connectivity index (χ1n) is 3.97. The lowest BCUT2D eigenvalue weighted by Crippen LogP contribution is -2.13. The molecule has 1 aromatic heterocycles. The molecular formula is C8H7F5N2O. The summed E-state index contributed by atoms with van der Waals surface area (Å²) in [6.45, 7) is 0. The Balaban J connectivity index is 3.42. The summed E-state index contributed by atoms with van der Waals surface area (Å²) in [7, 11) is 1.07. The van der Waals surface area contributed by atoms with Gasteiger partial charge in [0.15, 0.2) is 0 Å². The van der Waals surface area contributed by atoms with Crippen LogP contribution >= 0.6 is 0 Å². The topological polar surface area (TPSA) is 48.1 Å². The van der Waals surface area contributed by atoms with Gasteiger partial charge < -0.3 is 10.5 Å². The molecule has 0 saturated heterocycles. The molecule has 8 heteroatoms. The molecule has 0 aromatic carbocycles. The first-order chi connectivity index (χ1) is 7.27. The number of nitrogen functional groups attached to an aromatic ring is 1. The standard InChI is InChI=1S/C8H7F5N2O/c1-16-7-4(14)2-3(8(11,12)13)5(15-7)6(9)10/h2,6H,14H2,1H3. The van der Waals surface area contributed by atoms with Crippen LogP contribution in [0.1, 0.15) is 17.7 Å². The Hall–Kier alpha value is -1.60. The first-order valence-corrected chi connectivity index (χ1v) is 3.97. The van der Waals surface area contributed by atoms with E-state index in [-0.39, 0.29) is 0 Å². The highest BCUT2D eigenvalue weighted by Gasteiger charge is 2.37. The molecule has 90 valence electrons. The largest absolute Gasteiger partial charge is 0.480 e. The number of hydrogen-bond acceptors (Lipinski definition) is 3. The van der Waals surface area contributed by atoms with Crippen LogP contribution in [0.25, 0.3) is 0 Å². The monoisotopic (exact) mass is 242 g/mol. The van der Waals surface area contributed by atoms with Crippen molar-refractivity contribution in [3.63, 3.8) is 0 Å². The smallest absolute Gasteiger partial charge is 0.418 e. The summed E-state index contributed by atoms with van der Waals surface area (Å²) in [6.07, 6.45) is -8.29. The van der Waals surface area contributed by atoms with Gasteiger partial charge in [-0.1, -0.05) is 0 Å². The molecule has 0 radical (unpaired) electrons. The summed E-state index contributed by atoms with van der Waals surface area (Å²) >= 11 is 0. The van der Waals surface area contributed by atoms with Crippen molar-refractivity contribution in [1.82, 2.24) is 4.98 Å². The van der Waals surface area contributed by atoms with Crippen molar-refractivity contribution in [3.8, 4) is 5.88 Å². The maximum absolute atomic E-state index is 12.4. The van der Waals surface area contributed by atoms with Crippen molar-refractivity contribution < 1.29 is 26.7 Å². The molecule has 1 aromatic rings. The van der Waals surface area contributed by atoms with Crippen molar-refractivity contribution in [2.45, 2.75) is 12.6 Å². The van der Waals surface area contributed by atoms with Crippen LogP contribution in [0.2, 0.25) is 0 Å². The van der Waals surface area contributed by atoms with E-state index in [0.29, 0.717) is 6.07 Å². The number of ether oxygens (including phenoxy) is 1. The van der Waals surface area contributed by atoms with Crippen LogP contribution < -0.4 is 10.5 Å². The second kappa shape index (κ2) is 4.11. The van der Waals surface area contributed by atoms with E-state index in [1.807, 2.05) is 0 Å². The minimum Gasteiger partial charge on any atom is -0.480 e. The van der Waals surface area contributed by atoms with Gasteiger partial charge in [-0.15, -0.1) is 0 Å². The Labute approximate surface area is 87.0 Å². The van der Waals surface area contributed by atoms with E-state index in [2.05, 4.69) is 9.72 Å². The highest BCUT2D eigenvalue weighted by molar-refractivity contribution is 5.52. The number of nitrogens with two attached hydrogens (primary N) is 1. The van der Waals surface area contributed by atoms with Crippen molar-refractivity contribution in [2.24, 2.45) is 0 Å². The lowest BCUT2D eigenvalue weighted by molar-refractivity contribution is -0.139. The molecule has 0 unspecified atom stereocenters. The van der Waals surface area contributed by atoms with Crippen LogP contribution in [0.3, 0.4) is 0 Å². The molecule has 0 amide bonds. The van der Waals surface area contributed by atoms with Crippen LogP contribution in [0, 0.1) is 0 Å². The third kappa shape index (κ3) is 2.31. The number of aromatic nitrogens is 1. The van der Waals surface area contributed by atoms with E-state index in [1.165, 1.54) is 0 Å². The molecule has 0 spiro atoms. The van der Waals surface area contributed by atoms with Gasteiger partial charge >= 0.3 is 6.18 Å². The molecular weight excluding hydrogens is 235 g/mol. The molecule has 0 aliphatic rings. The molecule has 0 fully saturated rings. The van der Waals surface area contributed by atoms with Crippen LogP contribution in [0.15, 0.2) is 6.07 Å². The highest BCUT2D eigenvalue weighted by Crippen LogP contribution is 2.38. The van der Waals surface area contributed by atoms with Gasteiger partial charge in [-0.05, 0) is 6.07 Å². The lowest BCUT2D eigenvalue weighted by Gasteiger charge is -2.14. The van der Waals surface area contributed by atoms with Gasteiger partial charge in [-0.3, -0.25) is 0 Å². The van der Waals surface area contributed by atoms with E-state index in [0.717, 1.165) is 7.11 Å². The maximum atomic E-state index is 12.4. The van der Waals surface area contributed by atoms with E-state index in [4.69, 9.17) is 5.73 Å². The minimum atomic E-state index is -4.93. The van der Waals surface area contributed by atoms with Gasteiger partial charge in [0.1, 0.15) is 5.69 Å². The lowest BCUT2D eigenvalue weighted by atomic mass is 10.1. The summed E-state index contributed by atoms with van der Waals surface area (Å²) in [5, 5.41) is 0. The Morgan fingerprint density at radius 1 is 1.38 bits per heavy atom. The Morgan fingerprint density at radius 2 is 1.94 bits per heavy atom. The number of alkyl halides is 5. The second-order valence-corrected chi connectivity index (χ2v) is 2.82. The molecule has 0 atom stereocenters. The average Bonchev–Trinajstić information content (AvgIpc) is 2.15. The van der Waals surface area contributed by atoms with Crippen molar-refractivity contribution in [2.75, 3.05) is 12.8 Å². The van der Waals surface area contributed by atoms with Gasteiger partial charge in [0.25, 0.3) is 6.43 Å². The fourth-order valence-corrected chi connectivity index (χ4v) is 1.08. The second-order valence-electron chi connectivity index (χ2n) is 2.82. The molecule has 1 rings (SSSR count). The number of anilines is 1. The summed E-state index contributed by atoms with van der Waals surface area (Å²) in [5.74, 6) is -0.455. The SMILES string of the molecule is COc1nc(C(F)F)c(C(F)(F)F)cc1N. The van der Waals surface area contributed by atoms with E-state index >= 15 is 0 Å². The predicted octanol–water partition coefficient (Wildman–Crippen LogP) is 2.63.